The molecule has 0 atom stereocenters. The fourth-order valence-electron chi connectivity index (χ4n) is 1.50. The topological polar surface area (TPSA) is 38.3 Å². The number of hydrogen-bond acceptors (Lipinski definition) is 4. The molecular formula is C11H9BrFNO2S. The number of hydrogen-bond donors (Lipinski definition) is 1. The van der Waals surface area contributed by atoms with Crippen molar-refractivity contribution in [2.75, 3.05) is 13.0 Å². The summed E-state index contributed by atoms with van der Waals surface area (Å²) in [4.78, 5) is 11.4. The van der Waals surface area contributed by atoms with Crippen LogP contribution in [-0.2, 0) is 4.74 Å². The molecule has 90 valence electrons. The van der Waals surface area contributed by atoms with Gasteiger partial charge in [-0.3, -0.25) is 0 Å². The van der Waals surface area contributed by atoms with Crippen LogP contribution in [0.1, 0.15) is 15.9 Å². The van der Waals surface area contributed by atoms with Gasteiger partial charge in [0.15, 0.2) is 0 Å². The Balaban J connectivity index is 2.45. The Morgan fingerprint density at radius 2 is 2.29 bits per heavy atom. The number of nitrogens with one attached hydrogen (secondary N) is 1. The average molecular weight is 318 g/mol. The molecule has 1 N–H and O–H groups in total. The second kappa shape index (κ2) is 5.10. The van der Waals surface area contributed by atoms with Crippen LogP contribution in [-0.4, -0.2) is 19.0 Å². The summed E-state index contributed by atoms with van der Waals surface area (Å²) >= 11 is 4.96. The van der Waals surface area contributed by atoms with E-state index in [0.29, 0.717) is 5.56 Å². The van der Waals surface area contributed by atoms with Gasteiger partial charge in [0.25, 0.3) is 0 Å². The van der Waals surface area contributed by atoms with Crippen LogP contribution in [0.3, 0.4) is 0 Å². The van der Waals surface area contributed by atoms with E-state index in [1.807, 2.05) is 0 Å². The predicted octanol–water partition coefficient (Wildman–Crippen LogP) is 2.93. The lowest BCUT2D eigenvalue weighted by Gasteiger charge is -2.07. The third-order valence-corrected chi connectivity index (χ3v) is 4.08. The molecule has 17 heavy (non-hydrogen) atoms. The van der Waals surface area contributed by atoms with E-state index in [9.17, 15) is 9.18 Å². The molecule has 0 saturated carbocycles. The number of esters is 1. The summed E-state index contributed by atoms with van der Waals surface area (Å²) in [6.07, 6.45) is 0. The number of carbonyl (C=O) groups is 1. The molecule has 3 nitrogen and oxygen atoms in total. The largest absolute Gasteiger partial charge is 0.465 e. The summed E-state index contributed by atoms with van der Waals surface area (Å²) in [5.74, 6) is -0.289. The number of benzene rings is 1. The van der Waals surface area contributed by atoms with Gasteiger partial charge in [-0.1, -0.05) is 11.8 Å². The SMILES string of the molecule is COC(=O)c1cc(F)cc(C2=C(Br)SCN2)c1. The molecule has 2 rings (SSSR count). The van der Waals surface area contributed by atoms with E-state index in [2.05, 4.69) is 26.0 Å². The smallest absolute Gasteiger partial charge is 0.337 e. The first-order chi connectivity index (χ1) is 8.11. The van der Waals surface area contributed by atoms with Gasteiger partial charge in [0.2, 0.25) is 0 Å². The van der Waals surface area contributed by atoms with Gasteiger partial charge in [-0.15, -0.1) is 0 Å². The number of rotatable bonds is 2. The van der Waals surface area contributed by atoms with Crippen molar-refractivity contribution in [3.8, 4) is 0 Å². The average Bonchev–Trinajstić information content (AvgIpc) is 2.73. The van der Waals surface area contributed by atoms with E-state index in [1.165, 1.54) is 13.2 Å². The zero-order valence-corrected chi connectivity index (χ0v) is 11.3. The van der Waals surface area contributed by atoms with E-state index in [0.717, 1.165) is 21.5 Å². The van der Waals surface area contributed by atoms with Crippen LogP contribution in [0.4, 0.5) is 4.39 Å². The summed E-state index contributed by atoms with van der Waals surface area (Å²) in [5.41, 5.74) is 1.62. The van der Waals surface area contributed by atoms with Gasteiger partial charge in [0, 0.05) is 5.56 Å². The monoisotopic (exact) mass is 317 g/mol. The molecule has 0 spiro atoms. The lowest BCUT2D eigenvalue weighted by Crippen LogP contribution is -2.08. The minimum Gasteiger partial charge on any atom is -0.465 e. The number of ether oxygens (including phenoxy) is 1. The third kappa shape index (κ3) is 2.63. The highest BCUT2D eigenvalue weighted by Gasteiger charge is 2.17. The Hall–Kier alpha value is -1.01. The molecule has 0 aliphatic carbocycles. The number of carbonyl (C=O) groups excluding carboxylic acids is 1. The highest BCUT2D eigenvalue weighted by atomic mass is 79.9. The van der Waals surface area contributed by atoms with Crippen LogP contribution in [0.2, 0.25) is 0 Å². The van der Waals surface area contributed by atoms with Crippen LogP contribution in [0, 0.1) is 5.82 Å². The van der Waals surface area contributed by atoms with Gasteiger partial charge < -0.3 is 10.1 Å². The van der Waals surface area contributed by atoms with Crippen molar-refractivity contribution in [3.63, 3.8) is 0 Å². The first kappa shape index (κ1) is 12.4. The molecule has 0 fully saturated rings. The first-order valence-electron chi connectivity index (χ1n) is 4.77. The van der Waals surface area contributed by atoms with Crippen molar-refractivity contribution >= 4 is 39.4 Å². The van der Waals surface area contributed by atoms with Crippen LogP contribution in [0.25, 0.3) is 5.70 Å². The number of methoxy groups -OCH3 is 1. The van der Waals surface area contributed by atoms with E-state index < -0.39 is 11.8 Å². The fraction of sp³-hybridized carbons (Fsp3) is 0.182. The minimum atomic E-state index is -0.548. The van der Waals surface area contributed by atoms with Crippen LogP contribution in [0.5, 0.6) is 0 Å². The number of halogens is 2. The first-order valence-corrected chi connectivity index (χ1v) is 6.55. The van der Waals surface area contributed by atoms with Crippen LogP contribution >= 0.6 is 27.7 Å². The van der Waals surface area contributed by atoms with Crippen molar-refractivity contribution < 1.29 is 13.9 Å². The van der Waals surface area contributed by atoms with Gasteiger partial charge >= 0.3 is 5.97 Å². The summed E-state index contributed by atoms with van der Waals surface area (Å²) in [5, 5.41) is 3.11. The zero-order chi connectivity index (χ0) is 12.4. The van der Waals surface area contributed by atoms with Gasteiger partial charge in [-0.05, 0) is 34.1 Å². The maximum absolute atomic E-state index is 13.4. The molecule has 6 heteroatoms. The lowest BCUT2D eigenvalue weighted by molar-refractivity contribution is 0.0600. The predicted molar refractivity (Wildman–Crippen MR) is 69.2 cm³/mol. The molecule has 1 aliphatic rings. The Labute approximate surface area is 111 Å². The molecule has 0 saturated heterocycles. The van der Waals surface area contributed by atoms with Crippen molar-refractivity contribution in [3.05, 3.63) is 39.0 Å². The second-order valence-electron chi connectivity index (χ2n) is 3.33. The molecule has 0 amide bonds. The quantitative estimate of drug-likeness (QED) is 0.851. The Morgan fingerprint density at radius 1 is 1.53 bits per heavy atom. The normalized spacial score (nSPS) is 14.8. The van der Waals surface area contributed by atoms with Crippen LogP contribution < -0.4 is 5.32 Å². The maximum Gasteiger partial charge on any atom is 0.337 e. The van der Waals surface area contributed by atoms with E-state index in [4.69, 9.17) is 0 Å². The highest BCUT2D eigenvalue weighted by Crippen LogP contribution is 2.35. The molecule has 1 aromatic carbocycles. The van der Waals surface area contributed by atoms with Crippen molar-refractivity contribution in [2.45, 2.75) is 0 Å². The fourth-order valence-corrected chi connectivity index (χ4v) is 2.89. The Bertz CT molecular complexity index is 504. The molecule has 0 aromatic heterocycles. The Kier molecular flexibility index (Phi) is 3.73. The molecule has 0 bridgehead atoms. The van der Waals surface area contributed by atoms with Gasteiger partial charge in [-0.2, -0.15) is 0 Å². The van der Waals surface area contributed by atoms with Crippen molar-refractivity contribution in [2.24, 2.45) is 0 Å². The summed E-state index contributed by atoms with van der Waals surface area (Å²) in [6, 6.07) is 4.14. The Morgan fingerprint density at radius 3 is 2.88 bits per heavy atom. The third-order valence-electron chi connectivity index (χ3n) is 2.25. The lowest BCUT2D eigenvalue weighted by atomic mass is 10.1. The standard InChI is InChI=1S/C11H9BrFNO2S/c1-16-11(15)7-2-6(3-8(13)4-7)9-10(12)17-5-14-9/h2-4,14H,5H2,1H3. The maximum atomic E-state index is 13.4. The van der Waals surface area contributed by atoms with Gasteiger partial charge in [0.1, 0.15) is 5.82 Å². The van der Waals surface area contributed by atoms with E-state index in [-0.39, 0.29) is 5.56 Å². The summed E-state index contributed by atoms with van der Waals surface area (Å²) in [7, 11) is 1.27. The molecule has 0 radical (unpaired) electrons. The van der Waals surface area contributed by atoms with E-state index >= 15 is 0 Å². The highest BCUT2D eigenvalue weighted by molar-refractivity contribution is 9.14. The summed E-state index contributed by atoms with van der Waals surface area (Å²) < 4.78 is 18.9. The molecule has 0 unspecified atom stereocenters. The van der Waals surface area contributed by atoms with Crippen LogP contribution in [0.15, 0.2) is 22.0 Å². The second-order valence-corrected chi connectivity index (χ2v) is 5.64. The summed E-state index contributed by atoms with van der Waals surface area (Å²) in [6.45, 7) is 0. The van der Waals surface area contributed by atoms with Gasteiger partial charge in [-0.25, -0.2) is 9.18 Å². The minimum absolute atomic E-state index is 0.203. The van der Waals surface area contributed by atoms with Crippen molar-refractivity contribution in [1.82, 2.24) is 5.32 Å². The molecule has 1 aliphatic heterocycles. The van der Waals surface area contributed by atoms with Gasteiger partial charge in [0.05, 0.1) is 28.1 Å². The number of thioether (sulfide) groups is 1. The molecular weight excluding hydrogens is 309 g/mol. The zero-order valence-electron chi connectivity index (χ0n) is 8.92. The molecule has 1 aromatic rings. The van der Waals surface area contributed by atoms with E-state index in [1.54, 1.807) is 17.8 Å². The van der Waals surface area contributed by atoms with Crippen molar-refractivity contribution in [1.29, 1.82) is 0 Å². The molecule has 1 heterocycles.